The zero-order valence-corrected chi connectivity index (χ0v) is 37.2. The number of rotatable bonds is 11. The molecule has 13 nitrogen and oxygen atoms in total. The third kappa shape index (κ3) is 12.7. The Bertz CT molecular complexity index is 2650. The Morgan fingerprint density at radius 3 is 1.42 bits per heavy atom. The third-order valence-corrected chi connectivity index (χ3v) is 12.0. The summed E-state index contributed by atoms with van der Waals surface area (Å²) < 4.78 is 0. The van der Waals surface area contributed by atoms with Crippen molar-refractivity contribution in [1.29, 1.82) is 0 Å². The molecule has 0 bridgehead atoms. The van der Waals surface area contributed by atoms with Crippen molar-refractivity contribution in [1.82, 2.24) is 20.6 Å². The average Bonchev–Trinajstić information content (AvgIpc) is 3.33. The first-order chi connectivity index (χ1) is 31.4. The van der Waals surface area contributed by atoms with Gasteiger partial charge in [0.2, 0.25) is 0 Å². The van der Waals surface area contributed by atoms with Crippen molar-refractivity contribution in [2.24, 2.45) is 11.8 Å². The van der Waals surface area contributed by atoms with Gasteiger partial charge in [0.15, 0.2) is 11.4 Å². The highest BCUT2D eigenvalue weighted by atomic mass is 35.5. The second-order valence-electron chi connectivity index (χ2n) is 16.0. The zero-order chi connectivity index (χ0) is 46.3. The zero-order valence-electron chi connectivity index (χ0n) is 35.7. The van der Waals surface area contributed by atoms with Crippen LogP contribution in [0.3, 0.4) is 0 Å². The van der Waals surface area contributed by atoms with Crippen LogP contribution >= 0.6 is 23.2 Å². The van der Waals surface area contributed by atoms with Gasteiger partial charge in [0, 0.05) is 42.2 Å². The predicted molar refractivity (Wildman–Crippen MR) is 254 cm³/mol. The minimum Gasteiger partial charge on any atom is -0.478 e. The molecule has 3 amide bonds. The van der Waals surface area contributed by atoms with E-state index in [1.165, 1.54) is 81.8 Å². The van der Waals surface area contributed by atoms with Crippen molar-refractivity contribution in [2.75, 3.05) is 24.1 Å². The van der Waals surface area contributed by atoms with Gasteiger partial charge in [-0.1, -0.05) is 87.1 Å². The maximum absolute atomic E-state index is 13.1. The number of nitrogens with zero attached hydrogens (tertiary/aromatic N) is 2. The molecule has 0 radical (unpaired) electrons. The van der Waals surface area contributed by atoms with Gasteiger partial charge in [-0.05, 0) is 131 Å². The average molecular weight is 918 g/mol. The molecule has 2 aliphatic carbocycles. The number of carboxylic acid groups (broad SMARTS) is 1. The van der Waals surface area contributed by atoms with E-state index in [0.29, 0.717) is 73.7 Å². The van der Waals surface area contributed by atoms with E-state index < -0.39 is 22.4 Å². The SMILES string of the molecule is Nc1cccnc1C(=O)NCC1CCCCC1.O=C(Cl)c1ccc(C(=O)Cl)c2ccccc12.O=C(NCC1CCCCC1)c1ncccc1NC(=O)c1ccc(C(=O)O)c2ccccc12. The van der Waals surface area contributed by atoms with Gasteiger partial charge in [0.25, 0.3) is 28.2 Å². The molecule has 6 aromatic rings. The number of carbonyl (C=O) groups excluding carboxylic acids is 5. The molecule has 0 saturated heterocycles. The van der Waals surface area contributed by atoms with Gasteiger partial charge in [-0.3, -0.25) is 24.0 Å². The van der Waals surface area contributed by atoms with E-state index in [1.54, 1.807) is 79.0 Å². The summed E-state index contributed by atoms with van der Waals surface area (Å²) in [5, 5.41) is 19.3. The third-order valence-electron chi connectivity index (χ3n) is 11.6. The van der Waals surface area contributed by atoms with E-state index in [-0.39, 0.29) is 23.1 Å². The Morgan fingerprint density at radius 2 is 0.938 bits per heavy atom. The predicted octanol–water partition coefficient (Wildman–Crippen LogP) is 10.1. The number of nitrogens with one attached hydrogen (secondary N) is 3. The quantitative estimate of drug-likeness (QED) is 0.0777. The molecular formula is C50H50Cl2N6O7. The van der Waals surface area contributed by atoms with Crippen LogP contribution in [0.4, 0.5) is 11.4 Å². The number of hydrogen-bond donors (Lipinski definition) is 5. The lowest BCUT2D eigenvalue weighted by atomic mass is 9.89. The molecule has 6 N–H and O–H groups in total. The Morgan fingerprint density at radius 1 is 0.523 bits per heavy atom. The van der Waals surface area contributed by atoms with Crippen LogP contribution in [0, 0.1) is 11.8 Å². The number of anilines is 2. The van der Waals surface area contributed by atoms with Crippen molar-refractivity contribution in [2.45, 2.75) is 64.2 Å². The molecule has 0 spiro atoms. The van der Waals surface area contributed by atoms with Crippen molar-refractivity contribution in [3.05, 3.63) is 143 Å². The number of nitrogen functional groups attached to an aromatic ring is 1. The standard InChI is InChI=1S/C25H25N3O4.C13H19N3O.C12H6Cl2O2/c29-23(19-12-13-20(25(31)32)18-10-5-4-9-17(18)19)28-21-11-6-14-26-22(21)24(30)27-15-16-7-2-1-3-8-16;14-11-7-4-8-15-12(11)13(17)16-9-10-5-2-1-3-6-10;13-11(15)9-5-6-10(12(14)16)8-4-2-1-3-7(8)9/h4-6,9-14,16H,1-3,7-8,15H2,(H,27,30)(H,28,29)(H,31,32);4,7-8,10H,1-3,5-6,9,14H2,(H,16,17);1-6H. The fourth-order valence-electron chi connectivity index (χ4n) is 8.23. The fraction of sp³-hybridized carbons (Fsp3) is 0.280. The number of aromatic carboxylic acids is 1. The molecule has 2 aromatic heterocycles. The van der Waals surface area contributed by atoms with Gasteiger partial charge in [0.05, 0.1) is 16.9 Å². The van der Waals surface area contributed by atoms with Crippen LogP contribution in [0.5, 0.6) is 0 Å². The van der Waals surface area contributed by atoms with Gasteiger partial charge < -0.3 is 26.8 Å². The first-order valence-corrected chi connectivity index (χ1v) is 22.4. The van der Waals surface area contributed by atoms with Crippen LogP contribution < -0.4 is 21.7 Å². The number of benzene rings is 4. The van der Waals surface area contributed by atoms with Gasteiger partial charge in [-0.15, -0.1) is 0 Å². The minimum atomic E-state index is -1.06. The van der Waals surface area contributed by atoms with Gasteiger partial charge in [0.1, 0.15) is 0 Å². The van der Waals surface area contributed by atoms with Crippen LogP contribution in [0.1, 0.15) is 127 Å². The molecule has 0 unspecified atom stereocenters. The number of carboxylic acids is 1. The lowest BCUT2D eigenvalue weighted by molar-refractivity contribution is 0.0697. The smallest absolute Gasteiger partial charge is 0.336 e. The number of halogens is 2. The Labute approximate surface area is 386 Å². The van der Waals surface area contributed by atoms with Crippen molar-refractivity contribution >= 4 is 90.3 Å². The summed E-state index contributed by atoms with van der Waals surface area (Å²) in [6, 6.07) is 26.5. The number of nitrogens with two attached hydrogens (primary N) is 1. The molecule has 0 aliphatic heterocycles. The van der Waals surface area contributed by atoms with Gasteiger partial charge >= 0.3 is 5.97 Å². The lowest BCUT2D eigenvalue weighted by Gasteiger charge is -2.21. The number of pyridine rings is 2. The summed E-state index contributed by atoms with van der Waals surface area (Å²) in [6.07, 6.45) is 15.3. The Hall–Kier alpha value is -6.70. The second kappa shape index (κ2) is 23.3. The molecule has 336 valence electrons. The minimum absolute atomic E-state index is 0.126. The first kappa shape index (κ1) is 47.8. The van der Waals surface area contributed by atoms with Crippen LogP contribution in [0.15, 0.2) is 109 Å². The maximum Gasteiger partial charge on any atom is 0.336 e. The number of fused-ring (bicyclic) bond motifs is 2. The number of aromatic nitrogens is 2. The molecule has 0 atom stereocenters. The Balaban J connectivity index is 0.000000178. The highest BCUT2D eigenvalue weighted by Gasteiger charge is 2.21. The van der Waals surface area contributed by atoms with Crippen molar-refractivity contribution in [3.63, 3.8) is 0 Å². The van der Waals surface area contributed by atoms with E-state index in [4.69, 9.17) is 28.9 Å². The highest BCUT2D eigenvalue weighted by Crippen LogP contribution is 2.28. The van der Waals surface area contributed by atoms with E-state index in [1.807, 2.05) is 0 Å². The molecular weight excluding hydrogens is 867 g/mol. The summed E-state index contributed by atoms with van der Waals surface area (Å²) in [5.41, 5.74) is 8.14. The molecule has 65 heavy (non-hydrogen) atoms. The van der Waals surface area contributed by atoms with E-state index in [2.05, 4.69) is 25.9 Å². The largest absolute Gasteiger partial charge is 0.478 e. The number of hydrogen-bond acceptors (Lipinski definition) is 9. The Kier molecular flexibility index (Phi) is 17.1. The summed E-state index contributed by atoms with van der Waals surface area (Å²) in [7, 11) is 0. The molecule has 4 aromatic carbocycles. The summed E-state index contributed by atoms with van der Waals surface area (Å²) in [4.78, 5) is 79.8. The summed E-state index contributed by atoms with van der Waals surface area (Å²) in [6.45, 7) is 1.35. The lowest BCUT2D eigenvalue weighted by Crippen LogP contribution is -2.31. The van der Waals surface area contributed by atoms with Crippen LogP contribution in [0.25, 0.3) is 21.5 Å². The van der Waals surface area contributed by atoms with E-state index in [9.17, 15) is 33.9 Å². The molecule has 2 saturated carbocycles. The summed E-state index contributed by atoms with van der Waals surface area (Å²) >= 11 is 10.9. The van der Waals surface area contributed by atoms with Crippen molar-refractivity contribution in [3.8, 4) is 0 Å². The van der Waals surface area contributed by atoms with Gasteiger partial charge in [-0.2, -0.15) is 0 Å². The molecule has 8 rings (SSSR count). The maximum atomic E-state index is 13.1. The monoisotopic (exact) mass is 916 g/mol. The molecule has 15 heteroatoms. The van der Waals surface area contributed by atoms with Crippen LogP contribution in [0.2, 0.25) is 0 Å². The topological polar surface area (TPSA) is 211 Å². The van der Waals surface area contributed by atoms with Crippen LogP contribution in [-0.4, -0.2) is 62.3 Å². The molecule has 2 aliphatic rings. The first-order valence-electron chi connectivity index (χ1n) is 21.6. The van der Waals surface area contributed by atoms with E-state index >= 15 is 0 Å². The number of carbonyl (C=O) groups is 6. The second-order valence-corrected chi connectivity index (χ2v) is 16.7. The summed E-state index contributed by atoms with van der Waals surface area (Å²) in [5.74, 6) is -0.873. The van der Waals surface area contributed by atoms with Gasteiger partial charge in [-0.25, -0.2) is 14.8 Å². The van der Waals surface area contributed by atoms with Crippen LogP contribution in [-0.2, 0) is 0 Å². The molecule has 2 fully saturated rings. The molecule has 2 heterocycles. The van der Waals surface area contributed by atoms with E-state index in [0.717, 1.165) is 19.4 Å². The number of amides is 3. The fourth-order valence-corrected chi connectivity index (χ4v) is 8.56. The normalized spacial score (nSPS) is 13.9. The highest BCUT2D eigenvalue weighted by molar-refractivity contribution is 6.70. The van der Waals surface area contributed by atoms with Crippen molar-refractivity contribution < 1.29 is 33.9 Å².